The molecule has 0 spiro atoms. The van der Waals surface area contributed by atoms with Crippen LogP contribution in [0.3, 0.4) is 0 Å². The molecule has 2 N–H and O–H groups in total. The highest BCUT2D eigenvalue weighted by molar-refractivity contribution is 9.10. The number of nitrogens with zero attached hydrogens (tertiary/aromatic N) is 3. The Morgan fingerprint density at radius 3 is 2.77 bits per heavy atom. The molecule has 5 rings (SSSR count). The summed E-state index contributed by atoms with van der Waals surface area (Å²) in [6.45, 7) is 0. The van der Waals surface area contributed by atoms with E-state index < -0.39 is 0 Å². The molecule has 0 unspecified atom stereocenters. The standard InChI is InChI=1S/C24H24BrN5S/c25-21-16-26-30-23(15-22(28-24(21)30)17-7-3-1-2-4-8-17)27-18-11-13-20(14-12-18)31-29-19-9-5-6-10-19/h1-3,7-8,11-16,19,27,29H,4-6,9-10H2. The van der Waals surface area contributed by atoms with Crippen molar-refractivity contribution < 1.29 is 0 Å². The molecular weight excluding hydrogens is 470 g/mol. The summed E-state index contributed by atoms with van der Waals surface area (Å²) in [5.41, 5.74) is 3.83. The number of allylic oxidation sites excluding steroid dienone is 6. The predicted molar refractivity (Wildman–Crippen MR) is 133 cm³/mol. The van der Waals surface area contributed by atoms with Gasteiger partial charge in [0, 0.05) is 22.7 Å². The molecule has 0 saturated heterocycles. The number of halogens is 1. The molecule has 158 valence electrons. The Hall–Kier alpha value is -2.35. The van der Waals surface area contributed by atoms with Gasteiger partial charge < -0.3 is 5.32 Å². The van der Waals surface area contributed by atoms with Gasteiger partial charge in [-0.05, 0) is 77.0 Å². The van der Waals surface area contributed by atoms with E-state index in [4.69, 9.17) is 4.98 Å². The summed E-state index contributed by atoms with van der Waals surface area (Å²) in [6, 6.07) is 11.2. The van der Waals surface area contributed by atoms with E-state index in [0.717, 1.165) is 39.3 Å². The summed E-state index contributed by atoms with van der Waals surface area (Å²) in [6.07, 6.45) is 18.5. The van der Waals surface area contributed by atoms with Crippen molar-refractivity contribution in [2.75, 3.05) is 5.32 Å². The van der Waals surface area contributed by atoms with Crippen LogP contribution in [0.4, 0.5) is 11.5 Å². The van der Waals surface area contributed by atoms with Gasteiger partial charge >= 0.3 is 0 Å². The van der Waals surface area contributed by atoms with Crippen LogP contribution in [-0.4, -0.2) is 20.6 Å². The summed E-state index contributed by atoms with van der Waals surface area (Å²) in [7, 11) is 0. The monoisotopic (exact) mass is 493 g/mol. The number of benzene rings is 1. The molecule has 0 bridgehead atoms. The number of anilines is 2. The van der Waals surface area contributed by atoms with Crippen LogP contribution in [0.2, 0.25) is 0 Å². The van der Waals surface area contributed by atoms with Gasteiger partial charge in [0.05, 0.1) is 16.4 Å². The Morgan fingerprint density at radius 1 is 1.10 bits per heavy atom. The molecule has 0 amide bonds. The van der Waals surface area contributed by atoms with Crippen LogP contribution in [0.15, 0.2) is 76.3 Å². The first-order valence-electron chi connectivity index (χ1n) is 10.6. The molecule has 7 heteroatoms. The lowest BCUT2D eigenvalue weighted by Gasteiger charge is -2.13. The van der Waals surface area contributed by atoms with Crippen molar-refractivity contribution in [1.29, 1.82) is 0 Å². The van der Waals surface area contributed by atoms with Crippen molar-refractivity contribution in [3.63, 3.8) is 0 Å². The van der Waals surface area contributed by atoms with Crippen LogP contribution in [-0.2, 0) is 0 Å². The Balaban J connectivity index is 1.38. The van der Waals surface area contributed by atoms with Crippen molar-refractivity contribution >= 4 is 50.6 Å². The Bertz CT molecular complexity index is 1160. The molecule has 5 nitrogen and oxygen atoms in total. The third-order valence-electron chi connectivity index (χ3n) is 5.55. The van der Waals surface area contributed by atoms with E-state index in [1.54, 1.807) is 18.1 Å². The Kier molecular flexibility index (Phi) is 6.25. The smallest absolute Gasteiger partial charge is 0.172 e. The predicted octanol–water partition coefficient (Wildman–Crippen LogP) is 6.67. The molecule has 1 fully saturated rings. The van der Waals surface area contributed by atoms with Gasteiger partial charge in [0.2, 0.25) is 0 Å². The molecule has 2 aliphatic carbocycles. The average molecular weight is 494 g/mol. The highest BCUT2D eigenvalue weighted by atomic mass is 79.9. The van der Waals surface area contributed by atoms with E-state index in [9.17, 15) is 0 Å². The molecule has 2 aliphatic rings. The number of fused-ring (bicyclic) bond motifs is 1. The molecule has 3 aromatic rings. The van der Waals surface area contributed by atoms with Crippen LogP contribution in [0.25, 0.3) is 11.2 Å². The normalized spacial score (nSPS) is 16.6. The van der Waals surface area contributed by atoms with Crippen LogP contribution < -0.4 is 10.0 Å². The van der Waals surface area contributed by atoms with Crippen LogP contribution in [0, 0.1) is 0 Å². The fraction of sp³-hybridized carbons (Fsp3) is 0.250. The summed E-state index contributed by atoms with van der Waals surface area (Å²) >= 11 is 5.31. The van der Waals surface area contributed by atoms with Crippen molar-refractivity contribution in [2.45, 2.75) is 43.0 Å². The largest absolute Gasteiger partial charge is 0.340 e. The number of hydrogen-bond donors (Lipinski definition) is 2. The van der Waals surface area contributed by atoms with E-state index in [1.165, 1.54) is 30.6 Å². The second-order valence-corrected chi connectivity index (χ2v) is 9.55. The van der Waals surface area contributed by atoms with E-state index in [0.29, 0.717) is 6.04 Å². The lowest BCUT2D eigenvalue weighted by Crippen LogP contribution is -2.18. The minimum absolute atomic E-state index is 0.645. The second kappa shape index (κ2) is 9.42. The van der Waals surface area contributed by atoms with Gasteiger partial charge in [0.15, 0.2) is 5.65 Å². The molecule has 0 radical (unpaired) electrons. The third kappa shape index (κ3) is 4.79. The van der Waals surface area contributed by atoms with Gasteiger partial charge in [0.1, 0.15) is 5.82 Å². The molecule has 1 saturated carbocycles. The third-order valence-corrected chi connectivity index (χ3v) is 7.07. The van der Waals surface area contributed by atoms with Gasteiger partial charge in [0.25, 0.3) is 0 Å². The van der Waals surface area contributed by atoms with Gasteiger partial charge in [-0.15, -0.1) is 0 Å². The van der Waals surface area contributed by atoms with Crippen LogP contribution in [0.5, 0.6) is 0 Å². The minimum Gasteiger partial charge on any atom is -0.340 e. The summed E-state index contributed by atoms with van der Waals surface area (Å²) in [5, 5.41) is 8.01. The van der Waals surface area contributed by atoms with Crippen molar-refractivity contribution in [3.05, 3.63) is 77.1 Å². The number of rotatable bonds is 6. The van der Waals surface area contributed by atoms with Crippen molar-refractivity contribution in [2.24, 2.45) is 0 Å². The zero-order valence-corrected chi connectivity index (χ0v) is 19.5. The van der Waals surface area contributed by atoms with Gasteiger partial charge in [-0.1, -0.05) is 43.2 Å². The fourth-order valence-electron chi connectivity index (χ4n) is 3.89. The van der Waals surface area contributed by atoms with Crippen molar-refractivity contribution in [1.82, 2.24) is 19.3 Å². The highest BCUT2D eigenvalue weighted by Gasteiger charge is 2.15. The summed E-state index contributed by atoms with van der Waals surface area (Å²) in [5.74, 6) is 0.877. The molecule has 31 heavy (non-hydrogen) atoms. The van der Waals surface area contributed by atoms with Gasteiger partial charge in [-0.25, -0.2) is 4.98 Å². The summed E-state index contributed by atoms with van der Waals surface area (Å²) < 4.78 is 6.30. The maximum Gasteiger partial charge on any atom is 0.172 e. The quantitative estimate of drug-likeness (QED) is 0.375. The molecule has 0 atom stereocenters. The first kappa shape index (κ1) is 20.5. The minimum atomic E-state index is 0.645. The number of hydrogen-bond acceptors (Lipinski definition) is 5. The van der Waals surface area contributed by atoms with Gasteiger partial charge in [-0.2, -0.15) is 9.61 Å². The van der Waals surface area contributed by atoms with Crippen molar-refractivity contribution in [3.8, 4) is 0 Å². The molecular formula is C24H24BrN5S. The fourth-order valence-corrected chi connectivity index (χ4v) is 5.05. The molecule has 1 aromatic carbocycles. The first-order chi connectivity index (χ1) is 15.3. The van der Waals surface area contributed by atoms with Crippen LogP contribution >= 0.6 is 27.9 Å². The van der Waals surface area contributed by atoms with E-state index in [-0.39, 0.29) is 0 Å². The first-order valence-corrected chi connectivity index (χ1v) is 12.2. The summed E-state index contributed by atoms with van der Waals surface area (Å²) in [4.78, 5) is 6.06. The topological polar surface area (TPSA) is 54.2 Å². The SMILES string of the molecule is Brc1cnn2c(Nc3ccc(SNC4CCCC4)cc3)cc(C3=CCC=CC=C3)nc12. The van der Waals surface area contributed by atoms with Gasteiger partial charge in [-0.3, -0.25) is 4.72 Å². The molecule has 0 aliphatic heterocycles. The Labute approximate surface area is 195 Å². The zero-order chi connectivity index (χ0) is 21.0. The average Bonchev–Trinajstić information content (AvgIpc) is 3.35. The second-order valence-electron chi connectivity index (χ2n) is 7.79. The lowest BCUT2D eigenvalue weighted by atomic mass is 10.1. The number of aromatic nitrogens is 3. The maximum atomic E-state index is 4.83. The molecule has 2 heterocycles. The molecule has 2 aromatic heterocycles. The highest BCUT2D eigenvalue weighted by Crippen LogP contribution is 2.28. The number of nitrogens with one attached hydrogen (secondary N) is 2. The maximum absolute atomic E-state index is 4.83. The van der Waals surface area contributed by atoms with E-state index in [2.05, 4.69) is 91.8 Å². The lowest BCUT2D eigenvalue weighted by molar-refractivity contribution is 0.657. The van der Waals surface area contributed by atoms with Crippen LogP contribution in [0.1, 0.15) is 37.8 Å². The zero-order valence-electron chi connectivity index (χ0n) is 17.1. The van der Waals surface area contributed by atoms with E-state index >= 15 is 0 Å². The van der Waals surface area contributed by atoms with E-state index in [1.807, 2.05) is 4.52 Å². The Morgan fingerprint density at radius 2 is 1.94 bits per heavy atom.